The van der Waals surface area contributed by atoms with Crippen molar-refractivity contribution in [2.45, 2.75) is 122 Å². The van der Waals surface area contributed by atoms with Gasteiger partial charge >= 0.3 is 0 Å². The number of fused-ring (bicyclic) bond motifs is 8. The molecule has 0 radical (unpaired) electrons. The van der Waals surface area contributed by atoms with Crippen LogP contribution in [-0.2, 0) is 10.8 Å². The maximum absolute atomic E-state index is 4.86. The standard InChI is InChI=1S/C62H46.C27H27N3.C12H18/c1-39-33-45-25-31-51(37-47(45)35-41(39)3)61(57-17-9-5-13-53(57)54-14-6-10-18-58(54)61)49-27-21-43(22-28-49)44-23-29-50(30-24-44)62(52-32-26-46-34-40(2)42(4)36-48(46)38-52)59-19-11-7-15-55(59)56-16-8-12-20-60(56)62;1-16-7-10-22(13-19(16)4)25-28-26(23-11-8-17(2)20(5)14-23)30-27(29-25)24-12-9-18(3)21(6)15-24;1-7-8(2)10(4)12(6)11(5)9(7)3/h5-38H,1-4H3;7-15H,1-6H3;1-6H3. The Hall–Kier alpha value is -11.4. The van der Waals surface area contributed by atoms with Crippen molar-refractivity contribution >= 4 is 21.5 Å². The fourth-order valence-corrected chi connectivity index (χ4v) is 16.5. The molecule has 0 amide bonds. The van der Waals surface area contributed by atoms with Crippen LogP contribution in [0, 0.1) is 111 Å². The molecule has 3 heteroatoms. The second kappa shape index (κ2) is 27.1. The lowest BCUT2D eigenvalue weighted by atomic mass is 9.67. The van der Waals surface area contributed by atoms with E-state index in [4.69, 9.17) is 15.0 Å². The van der Waals surface area contributed by atoms with Gasteiger partial charge in [0, 0.05) is 16.7 Å². The summed E-state index contributed by atoms with van der Waals surface area (Å²) in [5.41, 5.74) is 41.7. The van der Waals surface area contributed by atoms with Gasteiger partial charge in [-0.3, -0.25) is 0 Å². The van der Waals surface area contributed by atoms with Crippen molar-refractivity contribution < 1.29 is 0 Å². The average Bonchev–Trinajstić information content (AvgIpc) is 1.53. The molecular formula is C101H91N3. The van der Waals surface area contributed by atoms with Gasteiger partial charge in [-0.2, -0.15) is 0 Å². The van der Waals surface area contributed by atoms with Gasteiger partial charge in [0.05, 0.1) is 10.8 Å². The Kier molecular flexibility index (Phi) is 17.8. The third-order valence-electron chi connectivity index (χ3n) is 24.0. The SMILES string of the molecule is Cc1c(C)c(C)c(C)c(C)c1C.Cc1cc2ccc(C3(c4ccc(-c5ccc(C6(c7ccc8cc(C)c(C)cc8c7)c7ccccc7-c7ccccc76)cc5)cc4)c4ccccc4-c4ccccc43)cc2cc1C.Cc1ccc(-c2nc(-c3ccc(C)c(C)c3)nc(-c3ccc(C)c(C)c3)n2)cc1C. The quantitative estimate of drug-likeness (QED) is 0.152. The largest absolute Gasteiger partial charge is 0.208 e. The Morgan fingerprint density at radius 2 is 0.413 bits per heavy atom. The van der Waals surface area contributed by atoms with Crippen molar-refractivity contribution in [3.63, 3.8) is 0 Å². The average molecular weight is 1350 g/mol. The van der Waals surface area contributed by atoms with Gasteiger partial charge in [0.2, 0.25) is 0 Å². The van der Waals surface area contributed by atoms with E-state index in [2.05, 4.69) is 372 Å². The fourth-order valence-electron chi connectivity index (χ4n) is 16.5. The lowest BCUT2D eigenvalue weighted by Gasteiger charge is -2.34. The van der Waals surface area contributed by atoms with Crippen LogP contribution in [0.15, 0.2) is 261 Å². The molecule has 2 aliphatic carbocycles. The Morgan fingerprint density at radius 3 is 0.683 bits per heavy atom. The van der Waals surface area contributed by atoms with Crippen molar-refractivity contribution in [3.05, 3.63) is 394 Å². The van der Waals surface area contributed by atoms with E-state index in [-0.39, 0.29) is 0 Å². The van der Waals surface area contributed by atoms with E-state index >= 15 is 0 Å². The van der Waals surface area contributed by atoms with E-state index < -0.39 is 10.8 Å². The minimum atomic E-state index is -0.463. The summed E-state index contributed by atoms with van der Waals surface area (Å²) in [6.07, 6.45) is 0. The first-order valence-electron chi connectivity index (χ1n) is 36.8. The summed E-state index contributed by atoms with van der Waals surface area (Å²) in [6.45, 7) is 34.8. The van der Waals surface area contributed by atoms with Gasteiger partial charge in [-0.25, -0.2) is 15.0 Å². The Morgan fingerprint density at radius 1 is 0.183 bits per heavy atom. The minimum absolute atomic E-state index is 0.463. The summed E-state index contributed by atoms with van der Waals surface area (Å²) in [6, 6.07) is 97.8. The predicted octanol–water partition coefficient (Wildman–Crippen LogP) is 25.9. The maximum atomic E-state index is 4.86. The number of hydrogen-bond acceptors (Lipinski definition) is 3. The summed E-state index contributed by atoms with van der Waals surface area (Å²) in [5.74, 6) is 2.11. The molecule has 104 heavy (non-hydrogen) atoms. The fraction of sp³-hybridized carbons (Fsp3) is 0.178. The van der Waals surface area contributed by atoms with Gasteiger partial charge < -0.3 is 0 Å². The molecule has 0 spiro atoms. The highest BCUT2D eigenvalue weighted by molar-refractivity contribution is 5.93. The first kappa shape index (κ1) is 68.4. The Labute approximate surface area is 616 Å². The zero-order chi connectivity index (χ0) is 72.6. The molecule has 0 unspecified atom stereocenters. The number of benzene rings is 14. The number of hydrogen-bond donors (Lipinski definition) is 0. The van der Waals surface area contributed by atoms with E-state index in [1.165, 1.54) is 188 Å². The topological polar surface area (TPSA) is 38.7 Å². The number of nitrogens with zero attached hydrogens (tertiary/aromatic N) is 3. The van der Waals surface area contributed by atoms with Crippen LogP contribution in [0.2, 0.25) is 0 Å². The van der Waals surface area contributed by atoms with Crippen LogP contribution in [-0.4, -0.2) is 15.0 Å². The highest BCUT2D eigenvalue weighted by Gasteiger charge is 2.48. The zero-order valence-electron chi connectivity index (χ0n) is 63.2. The van der Waals surface area contributed by atoms with E-state index in [9.17, 15) is 0 Å². The van der Waals surface area contributed by atoms with Crippen LogP contribution in [0.5, 0.6) is 0 Å². The van der Waals surface area contributed by atoms with Crippen LogP contribution in [0.4, 0.5) is 0 Å². The van der Waals surface area contributed by atoms with Crippen molar-refractivity contribution in [2.24, 2.45) is 0 Å². The van der Waals surface area contributed by atoms with E-state index in [1.54, 1.807) is 0 Å². The molecular weight excluding hydrogens is 1260 g/mol. The van der Waals surface area contributed by atoms with Gasteiger partial charge in [-0.15, -0.1) is 0 Å². The molecule has 510 valence electrons. The second-order valence-electron chi connectivity index (χ2n) is 29.8. The third-order valence-corrected chi connectivity index (χ3v) is 24.0. The highest BCUT2D eigenvalue weighted by atomic mass is 15.0. The summed E-state index contributed by atoms with van der Waals surface area (Å²) >= 11 is 0. The van der Waals surface area contributed by atoms with Gasteiger partial charge in [-0.05, 0) is 330 Å². The molecule has 14 aromatic carbocycles. The number of aromatic nitrogens is 3. The first-order valence-corrected chi connectivity index (χ1v) is 36.8. The van der Waals surface area contributed by atoms with Gasteiger partial charge in [0.15, 0.2) is 17.5 Å². The highest BCUT2D eigenvalue weighted by Crippen LogP contribution is 2.58. The van der Waals surface area contributed by atoms with Crippen LogP contribution in [0.25, 0.3) is 89.1 Å². The molecule has 1 heterocycles. The Balaban J connectivity index is 0.000000171. The Bertz CT molecular complexity index is 5320. The molecule has 2 aliphatic rings. The van der Waals surface area contributed by atoms with Crippen LogP contribution in [0.3, 0.4) is 0 Å². The first-order chi connectivity index (χ1) is 50.1. The van der Waals surface area contributed by atoms with Gasteiger partial charge in [0.1, 0.15) is 0 Å². The molecule has 0 bridgehead atoms. The number of rotatable bonds is 8. The molecule has 0 fully saturated rings. The minimum Gasteiger partial charge on any atom is -0.208 e. The molecule has 0 atom stereocenters. The van der Waals surface area contributed by atoms with Crippen molar-refractivity contribution in [1.29, 1.82) is 0 Å². The molecule has 0 N–H and O–H groups in total. The van der Waals surface area contributed by atoms with Crippen molar-refractivity contribution in [3.8, 4) is 67.5 Å². The van der Waals surface area contributed by atoms with Gasteiger partial charge in [-0.1, -0.05) is 231 Å². The summed E-state index contributed by atoms with van der Waals surface area (Å²) < 4.78 is 0. The lowest BCUT2D eigenvalue weighted by molar-refractivity contribution is 0.769. The van der Waals surface area contributed by atoms with E-state index in [1.807, 2.05) is 0 Å². The third kappa shape index (κ3) is 11.7. The predicted molar refractivity (Wildman–Crippen MR) is 440 cm³/mol. The normalized spacial score (nSPS) is 12.8. The summed E-state index contributed by atoms with van der Waals surface area (Å²) in [7, 11) is 0. The van der Waals surface area contributed by atoms with Crippen LogP contribution < -0.4 is 0 Å². The van der Waals surface area contributed by atoms with E-state index in [0.717, 1.165) is 16.7 Å². The molecule has 15 aromatic rings. The molecule has 0 aliphatic heterocycles. The van der Waals surface area contributed by atoms with Crippen molar-refractivity contribution in [2.75, 3.05) is 0 Å². The molecule has 17 rings (SSSR count). The number of aryl methyl sites for hydroxylation is 10. The van der Waals surface area contributed by atoms with Gasteiger partial charge in [0.25, 0.3) is 0 Å². The molecule has 0 saturated carbocycles. The van der Waals surface area contributed by atoms with Crippen LogP contribution in [0.1, 0.15) is 134 Å². The summed E-state index contributed by atoms with van der Waals surface area (Å²) in [4.78, 5) is 14.6. The monoisotopic (exact) mass is 1350 g/mol. The lowest BCUT2D eigenvalue weighted by Crippen LogP contribution is -2.28. The molecule has 0 saturated heterocycles. The van der Waals surface area contributed by atoms with E-state index in [0.29, 0.717) is 17.5 Å². The van der Waals surface area contributed by atoms with Crippen molar-refractivity contribution in [1.82, 2.24) is 15.0 Å². The zero-order valence-corrected chi connectivity index (χ0v) is 63.2. The molecule has 3 nitrogen and oxygen atoms in total. The van der Waals surface area contributed by atoms with Crippen LogP contribution >= 0.6 is 0 Å². The second-order valence-corrected chi connectivity index (χ2v) is 29.8. The molecule has 1 aromatic heterocycles. The summed E-state index contributed by atoms with van der Waals surface area (Å²) in [5, 5.41) is 5.12. The maximum Gasteiger partial charge on any atom is 0.164 e. The smallest absolute Gasteiger partial charge is 0.164 e.